The molecule has 8 nitrogen and oxygen atoms in total. The Morgan fingerprint density at radius 3 is 1.89 bits per heavy atom. The molecule has 1 aliphatic heterocycles. The van der Waals surface area contributed by atoms with Gasteiger partial charge in [0, 0.05) is 28.2 Å². The summed E-state index contributed by atoms with van der Waals surface area (Å²) in [4.78, 5) is 50.9. The van der Waals surface area contributed by atoms with E-state index in [-0.39, 0.29) is 12.4 Å². The van der Waals surface area contributed by atoms with Crippen molar-refractivity contribution in [3.8, 4) is 12.1 Å². The largest absolute Gasteiger partial charge is 0.465 e. The van der Waals surface area contributed by atoms with E-state index in [2.05, 4.69) is 4.74 Å². The first-order valence-electron chi connectivity index (χ1n) is 14.5. The lowest BCUT2D eigenvalue weighted by molar-refractivity contribution is -0.146. The number of fused-ring (bicyclic) bond motifs is 2. The van der Waals surface area contributed by atoms with Crippen LogP contribution in [0.15, 0.2) is 101 Å². The average molecular weight is 631 g/mol. The highest BCUT2D eigenvalue weighted by Crippen LogP contribution is 2.49. The molecule has 0 amide bonds. The van der Waals surface area contributed by atoms with Gasteiger partial charge in [0.05, 0.1) is 35.4 Å². The van der Waals surface area contributed by atoms with E-state index >= 15 is 0 Å². The molecule has 1 atom stereocenters. The number of hydrogen-bond donors (Lipinski definition) is 0. The number of ether oxygens (including phenoxy) is 2. The van der Waals surface area contributed by atoms with Crippen LogP contribution >= 0.6 is 11.8 Å². The van der Waals surface area contributed by atoms with Crippen LogP contribution in [0, 0.1) is 28.6 Å². The molecule has 0 spiro atoms. The minimum Gasteiger partial charge on any atom is -0.465 e. The van der Waals surface area contributed by atoms with Gasteiger partial charge in [-0.15, -0.1) is 0 Å². The second kappa shape index (κ2) is 15.5. The number of benzene rings is 4. The zero-order valence-corrected chi connectivity index (χ0v) is 26.3. The van der Waals surface area contributed by atoms with Crippen LogP contribution < -0.4 is 0 Å². The van der Waals surface area contributed by atoms with Gasteiger partial charge in [-0.05, 0) is 72.5 Å². The van der Waals surface area contributed by atoms with Crippen molar-refractivity contribution in [3.63, 3.8) is 0 Å². The second-order valence-corrected chi connectivity index (χ2v) is 11.2. The van der Waals surface area contributed by atoms with Crippen molar-refractivity contribution >= 4 is 35.5 Å². The van der Waals surface area contributed by atoms with Crippen LogP contribution in [0.2, 0.25) is 0 Å². The summed E-state index contributed by atoms with van der Waals surface area (Å²) in [6.45, 7) is 4.97. The first kappa shape index (κ1) is 33.4. The fourth-order valence-electron chi connectivity index (χ4n) is 5.16. The van der Waals surface area contributed by atoms with Crippen molar-refractivity contribution in [2.75, 3.05) is 6.61 Å². The monoisotopic (exact) mass is 630 g/mol. The molecule has 4 aromatic carbocycles. The van der Waals surface area contributed by atoms with Crippen molar-refractivity contribution in [2.24, 2.45) is 5.92 Å². The van der Waals surface area contributed by atoms with Gasteiger partial charge in [0.1, 0.15) is 5.92 Å². The molecule has 0 saturated heterocycles. The number of aryl methyl sites for hydroxylation is 1. The predicted molar refractivity (Wildman–Crippen MR) is 171 cm³/mol. The summed E-state index contributed by atoms with van der Waals surface area (Å²) >= 11 is 1.64. The number of carbonyl (C=O) groups is 4. The summed E-state index contributed by atoms with van der Waals surface area (Å²) in [5.74, 6) is -3.61. The van der Waals surface area contributed by atoms with Crippen molar-refractivity contribution in [1.29, 1.82) is 10.5 Å². The molecule has 0 saturated carbocycles. The number of carbonyl (C=O) groups excluding carboxylic acids is 4. The lowest BCUT2D eigenvalue weighted by Crippen LogP contribution is -2.34. The third-order valence-electron chi connectivity index (χ3n) is 7.25. The molecule has 9 heteroatoms. The Balaban J connectivity index is 0.000000254. The molecule has 230 valence electrons. The summed E-state index contributed by atoms with van der Waals surface area (Å²) < 4.78 is 9.85. The lowest BCUT2D eigenvalue weighted by Gasteiger charge is -2.32. The number of ketones is 1. The second-order valence-electron chi connectivity index (χ2n) is 10.2. The molecule has 4 aromatic rings. The summed E-state index contributed by atoms with van der Waals surface area (Å²) in [7, 11) is 0. The molecule has 5 rings (SSSR count). The normalized spacial score (nSPS) is 12.0. The van der Waals surface area contributed by atoms with E-state index in [1.54, 1.807) is 49.0 Å². The Labute approximate surface area is 271 Å². The van der Waals surface area contributed by atoms with Gasteiger partial charge in [0.2, 0.25) is 0 Å². The Morgan fingerprint density at radius 1 is 0.804 bits per heavy atom. The highest BCUT2D eigenvalue weighted by atomic mass is 32.2. The molecule has 0 N–H and O–H groups in total. The maximum Gasteiger partial charge on any atom is 0.346 e. The Morgan fingerprint density at radius 2 is 1.37 bits per heavy atom. The summed E-state index contributed by atoms with van der Waals surface area (Å²) in [5, 5.41) is 17.8. The van der Waals surface area contributed by atoms with Crippen molar-refractivity contribution < 1.29 is 28.7 Å². The van der Waals surface area contributed by atoms with E-state index in [1.165, 1.54) is 19.1 Å². The first-order valence-corrected chi connectivity index (χ1v) is 15.4. The van der Waals surface area contributed by atoms with Crippen LogP contribution in [-0.4, -0.2) is 30.3 Å². The van der Waals surface area contributed by atoms with Gasteiger partial charge in [0.25, 0.3) is 0 Å². The zero-order chi connectivity index (χ0) is 33.2. The van der Waals surface area contributed by atoms with Crippen LogP contribution in [0.3, 0.4) is 0 Å². The maximum atomic E-state index is 13.6. The number of Topliss-reactive ketones (excluding diaryl/α,β-unsaturated/α-hetero) is 1. The summed E-state index contributed by atoms with van der Waals surface area (Å²) in [6, 6.07) is 30.8. The minimum atomic E-state index is -1.01. The van der Waals surface area contributed by atoms with Crippen LogP contribution in [-0.2, 0) is 25.5 Å². The van der Waals surface area contributed by atoms with Gasteiger partial charge in [-0.3, -0.25) is 14.4 Å². The molecule has 0 aromatic heterocycles. The third-order valence-corrected chi connectivity index (χ3v) is 8.44. The van der Waals surface area contributed by atoms with Crippen LogP contribution in [0.25, 0.3) is 0 Å². The highest BCUT2D eigenvalue weighted by molar-refractivity contribution is 7.99. The van der Waals surface area contributed by atoms with Crippen molar-refractivity contribution in [3.05, 3.63) is 130 Å². The summed E-state index contributed by atoms with van der Waals surface area (Å²) in [5.41, 5.74) is 4.25. The van der Waals surface area contributed by atoms with E-state index in [9.17, 15) is 19.2 Å². The number of nitrogens with zero attached hydrogens (tertiary/aromatic N) is 2. The highest BCUT2D eigenvalue weighted by Gasteiger charge is 2.42. The molecular formula is C37H30N2O6S. The summed E-state index contributed by atoms with van der Waals surface area (Å²) in [6.07, 6.45) is 0.595. The molecule has 0 aliphatic carbocycles. The van der Waals surface area contributed by atoms with Gasteiger partial charge >= 0.3 is 17.9 Å². The number of nitriles is 2. The average Bonchev–Trinajstić information content (AvgIpc) is 3.07. The Bertz CT molecular complexity index is 1820. The van der Waals surface area contributed by atoms with Crippen molar-refractivity contribution in [2.45, 2.75) is 42.9 Å². The number of rotatable bonds is 7. The smallest absolute Gasteiger partial charge is 0.346 e. The fourth-order valence-corrected chi connectivity index (χ4v) is 6.32. The molecule has 1 aliphatic rings. The zero-order valence-electron chi connectivity index (χ0n) is 25.5. The first-order chi connectivity index (χ1) is 22.2. The number of hydrogen-bond acceptors (Lipinski definition) is 9. The van der Waals surface area contributed by atoms with E-state index in [0.29, 0.717) is 34.2 Å². The number of esters is 3. The quantitative estimate of drug-likeness (QED) is 0.120. The molecule has 46 heavy (non-hydrogen) atoms. The van der Waals surface area contributed by atoms with Gasteiger partial charge in [-0.1, -0.05) is 67.2 Å². The molecule has 1 unspecified atom stereocenters. The van der Waals surface area contributed by atoms with Gasteiger partial charge in [-0.2, -0.15) is 10.5 Å². The fraction of sp³-hybridized carbons (Fsp3) is 0.189. The van der Waals surface area contributed by atoms with E-state index < -0.39 is 29.7 Å². The van der Waals surface area contributed by atoms with Gasteiger partial charge < -0.3 is 9.47 Å². The van der Waals surface area contributed by atoms with E-state index in [0.717, 1.165) is 20.9 Å². The van der Waals surface area contributed by atoms with E-state index in [4.69, 9.17) is 15.3 Å². The molecule has 0 bridgehead atoms. The minimum absolute atomic E-state index is 0.195. The van der Waals surface area contributed by atoms with Gasteiger partial charge in [-0.25, -0.2) is 4.79 Å². The van der Waals surface area contributed by atoms with Crippen LogP contribution in [0.1, 0.15) is 75.2 Å². The Hall–Kier alpha value is -5.51. The SMILES string of the molecule is CCOC(=O)C(C(=O)c1ccc(C#N)cc1)C1c2ccccc2Sc2ccccc21.CCc1cc(C#N)ccc1C(=O)OC(C)=O. The molecule has 0 radical (unpaired) electrons. The molecular weight excluding hydrogens is 600 g/mol. The lowest BCUT2D eigenvalue weighted by atomic mass is 9.76. The standard InChI is InChI=1S/C25H19NO3S.C12H11NO3/c1-2-29-25(28)23(24(27)17-13-11-16(15-26)12-14-17)22-18-7-3-5-9-20(18)30-21-10-6-4-8-19(21)22;1-3-10-6-9(7-13)4-5-11(10)12(15)16-8(2)14/h3-14,22-23H,2H2,1H3;4-6H,3H2,1-2H3. The van der Waals surface area contributed by atoms with E-state index in [1.807, 2.05) is 67.6 Å². The Kier molecular flexibility index (Phi) is 11.2. The third kappa shape index (κ3) is 7.58. The van der Waals surface area contributed by atoms with Crippen molar-refractivity contribution in [1.82, 2.24) is 0 Å². The molecule has 1 heterocycles. The maximum absolute atomic E-state index is 13.6. The van der Waals surface area contributed by atoms with Gasteiger partial charge in [0.15, 0.2) is 5.78 Å². The van der Waals surface area contributed by atoms with Crippen LogP contribution in [0.4, 0.5) is 0 Å². The van der Waals surface area contributed by atoms with Crippen LogP contribution in [0.5, 0.6) is 0 Å². The molecule has 0 fully saturated rings. The topological polar surface area (TPSA) is 134 Å². The predicted octanol–water partition coefficient (Wildman–Crippen LogP) is 7.04.